The van der Waals surface area contributed by atoms with Crippen molar-refractivity contribution in [1.29, 1.82) is 0 Å². The first-order valence-electron chi connectivity index (χ1n) is 8.14. The molecule has 3 amide bonds. The molecule has 24 heavy (non-hydrogen) atoms. The molecule has 0 aromatic carbocycles. The standard InChI is InChI=1S/C15H22N4O4S/c1-3-11-12(24-19-18-11)14(21)23-9(2)13(20)17-15(22)16-10-7-5-4-6-8-10/h9-10H,3-8H2,1-2H3,(H2,16,17,20,22)/t9-/m1/s1. The van der Waals surface area contributed by atoms with Gasteiger partial charge in [-0.2, -0.15) is 0 Å². The first-order chi connectivity index (χ1) is 11.5. The molecule has 2 rings (SSSR count). The van der Waals surface area contributed by atoms with Gasteiger partial charge >= 0.3 is 12.0 Å². The summed E-state index contributed by atoms with van der Waals surface area (Å²) in [5.41, 5.74) is 0.535. The third-order valence-electron chi connectivity index (χ3n) is 3.91. The number of amides is 3. The summed E-state index contributed by atoms with van der Waals surface area (Å²) in [5, 5.41) is 8.81. The molecule has 1 aromatic rings. The number of imide groups is 1. The predicted molar refractivity (Wildman–Crippen MR) is 87.7 cm³/mol. The first kappa shape index (κ1) is 18.3. The monoisotopic (exact) mass is 354 g/mol. The maximum atomic E-state index is 12.0. The maximum Gasteiger partial charge on any atom is 0.352 e. The van der Waals surface area contributed by atoms with Crippen LogP contribution < -0.4 is 10.6 Å². The number of ether oxygens (including phenoxy) is 1. The number of hydrogen-bond acceptors (Lipinski definition) is 7. The Hall–Kier alpha value is -2.03. The number of urea groups is 1. The minimum absolute atomic E-state index is 0.0970. The first-order valence-corrected chi connectivity index (χ1v) is 8.92. The Labute approximate surface area is 144 Å². The van der Waals surface area contributed by atoms with Gasteiger partial charge in [0.15, 0.2) is 11.0 Å². The number of nitrogens with zero attached hydrogens (tertiary/aromatic N) is 2. The Morgan fingerprint density at radius 3 is 2.67 bits per heavy atom. The van der Waals surface area contributed by atoms with Gasteiger partial charge in [-0.1, -0.05) is 30.7 Å². The highest BCUT2D eigenvalue weighted by Gasteiger charge is 2.25. The van der Waals surface area contributed by atoms with Crippen LogP contribution in [0, 0.1) is 0 Å². The zero-order valence-corrected chi connectivity index (χ0v) is 14.6. The molecule has 2 N–H and O–H groups in total. The zero-order valence-electron chi connectivity index (χ0n) is 13.8. The summed E-state index contributed by atoms with van der Waals surface area (Å²) >= 11 is 0.926. The molecule has 1 aliphatic carbocycles. The van der Waals surface area contributed by atoms with Crippen LogP contribution in [0.3, 0.4) is 0 Å². The second-order valence-electron chi connectivity index (χ2n) is 5.75. The highest BCUT2D eigenvalue weighted by atomic mass is 32.1. The SMILES string of the molecule is CCc1nnsc1C(=O)O[C@H](C)C(=O)NC(=O)NC1CCCCC1. The van der Waals surface area contributed by atoms with Crippen molar-refractivity contribution in [3.05, 3.63) is 10.6 Å². The summed E-state index contributed by atoms with van der Waals surface area (Å²) in [4.78, 5) is 36.1. The number of nitrogens with one attached hydrogen (secondary N) is 2. The van der Waals surface area contributed by atoms with E-state index in [-0.39, 0.29) is 10.9 Å². The number of carbonyl (C=O) groups excluding carboxylic acids is 3. The molecule has 1 atom stereocenters. The van der Waals surface area contributed by atoms with Gasteiger partial charge in [-0.25, -0.2) is 9.59 Å². The van der Waals surface area contributed by atoms with Crippen LogP contribution in [0.5, 0.6) is 0 Å². The van der Waals surface area contributed by atoms with Crippen molar-refractivity contribution in [3.8, 4) is 0 Å². The molecule has 0 saturated heterocycles. The summed E-state index contributed by atoms with van der Waals surface area (Å²) in [7, 11) is 0. The van der Waals surface area contributed by atoms with Crippen LogP contribution in [0.2, 0.25) is 0 Å². The number of carbonyl (C=O) groups is 3. The number of hydrogen-bond donors (Lipinski definition) is 2. The third kappa shape index (κ3) is 4.98. The van der Waals surface area contributed by atoms with E-state index in [1.165, 1.54) is 13.3 Å². The van der Waals surface area contributed by atoms with Gasteiger partial charge in [0.2, 0.25) is 0 Å². The van der Waals surface area contributed by atoms with Crippen molar-refractivity contribution in [3.63, 3.8) is 0 Å². The normalized spacial score (nSPS) is 16.2. The van der Waals surface area contributed by atoms with Gasteiger partial charge in [-0.15, -0.1) is 5.10 Å². The van der Waals surface area contributed by atoms with E-state index < -0.39 is 24.0 Å². The van der Waals surface area contributed by atoms with E-state index in [0.29, 0.717) is 12.1 Å². The highest BCUT2D eigenvalue weighted by molar-refractivity contribution is 7.07. The molecule has 9 heteroatoms. The minimum Gasteiger partial charge on any atom is -0.448 e. The number of esters is 1. The average Bonchev–Trinajstić information content (AvgIpc) is 3.04. The lowest BCUT2D eigenvalue weighted by Crippen LogP contribution is -2.48. The van der Waals surface area contributed by atoms with Gasteiger partial charge in [0.1, 0.15) is 0 Å². The molecule has 1 aromatic heterocycles. The Kier molecular flexibility index (Phi) is 6.65. The fourth-order valence-electron chi connectivity index (χ4n) is 2.54. The molecular weight excluding hydrogens is 332 g/mol. The van der Waals surface area contributed by atoms with E-state index in [0.717, 1.165) is 37.2 Å². The quantitative estimate of drug-likeness (QED) is 0.780. The molecule has 1 heterocycles. The molecule has 1 aliphatic rings. The Balaban J connectivity index is 1.80. The van der Waals surface area contributed by atoms with Crippen LogP contribution in [0.15, 0.2) is 0 Å². The molecule has 0 unspecified atom stereocenters. The van der Waals surface area contributed by atoms with Crippen molar-refractivity contribution in [2.75, 3.05) is 0 Å². The molecule has 8 nitrogen and oxygen atoms in total. The van der Waals surface area contributed by atoms with Gasteiger partial charge in [-0.3, -0.25) is 10.1 Å². The maximum absolute atomic E-state index is 12.0. The van der Waals surface area contributed by atoms with Gasteiger partial charge in [0, 0.05) is 6.04 Å². The van der Waals surface area contributed by atoms with Crippen LogP contribution in [-0.4, -0.2) is 39.6 Å². The predicted octanol–water partition coefficient (Wildman–Crippen LogP) is 1.80. The molecule has 1 saturated carbocycles. The van der Waals surface area contributed by atoms with E-state index in [2.05, 4.69) is 20.2 Å². The summed E-state index contributed by atoms with van der Waals surface area (Å²) < 4.78 is 8.80. The second kappa shape index (κ2) is 8.72. The van der Waals surface area contributed by atoms with Gasteiger partial charge in [-0.05, 0) is 37.7 Å². The van der Waals surface area contributed by atoms with Crippen LogP contribution in [0.4, 0.5) is 4.79 Å². The van der Waals surface area contributed by atoms with Crippen molar-refractivity contribution >= 4 is 29.4 Å². The summed E-state index contributed by atoms with van der Waals surface area (Å²) in [5.74, 6) is -1.32. The Morgan fingerprint density at radius 1 is 1.29 bits per heavy atom. The largest absolute Gasteiger partial charge is 0.448 e. The minimum atomic E-state index is -1.08. The molecule has 0 radical (unpaired) electrons. The average molecular weight is 354 g/mol. The van der Waals surface area contributed by atoms with Crippen molar-refractivity contribution in [2.45, 2.75) is 64.5 Å². The molecule has 0 bridgehead atoms. The lowest BCUT2D eigenvalue weighted by molar-refractivity contribution is -0.127. The van der Waals surface area contributed by atoms with Crippen molar-refractivity contribution in [1.82, 2.24) is 20.2 Å². The van der Waals surface area contributed by atoms with Gasteiger partial charge in [0.25, 0.3) is 5.91 Å². The van der Waals surface area contributed by atoms with Crippen molar-refractivity contribution in [2.24, 2.45) is 0 Å². The second-order valence-corrected chi connectivity index (χ2v) is 6.50. The van der Waals surface area contributed by atoms with E-state index in [9.17, 15) is 14.4 Å². The zero-order chi connectivity index (χ0) is 17.5. The number of aryl methyl sites for hydroxylation is 1. The molecular formula is C15H22N4O4S. The van der Waals surface area contributed by atoms with Crippen molar-refractivity contribution < 1.29 is 19.1 Å². The van der Waals surface area contributed by atoms with Crippen LogP contribution in [-0.2, 0) is 16.0 Å². The Morgan fingerprint density at radius 2 is 2.00 bits per heavy atom. The lowest BCUT2D eigenvalue weighted by atomic mass is 9.96. The molecule has 1 fully saturated rings. The Bertz CT molecular complexity index is 598. The van der Waals surface area contributed by atoms with Crippen LogP contribution in [0.25, 0.3) is 0 Å². The van der Waals surface area contributed by atoms with E-state index in [1.807, 2.05) is 6.92 Å². The van der Waals surface area contributed by atoms with Gasteiger partial charge < -0.3 is 10.1 Å². The molecule has 0 spiro atoms. The smallest absolute Gasteiger partial charge is 0.352 e. The molecule has 132 valence electrons. The topological polar surface area (TPSA) is 110 Å². The summed E-state index contributed by atoms with van der Waals surface area (Å²) in [6.45, 7) is 3.26. The fourth-order valence-corrected chi connectivity index (χ4v) is 3.18. The third-order valence-corrected chi connectivity index (χ3v) is 4.65. The summed E-state index contributed by atoms with van der Waals surface area (Å²) in [6, 6.07) is -0.455. The molecule has 0 aliphatic heterocycles. The number of aromatic nitrogens is 2. The van der Waals surface area contributed by atoms with Gasteiger partial charge in [0.05, 0.1) is 5.69 Å². The number of rotatable bonds is 5. The lowest BCUT2D eigenvalue weighted by Gasteiger charge is -2.23. The van der Waals surface area contributed by atoms with E-state index in [4.69, 9.17) is 4.74 Å². The van der Waals surface area contributed by atoms with E-state index in [1.54, 1.807) is 0 Å². The highest BCUT2D eigenvalue weighted by Crippen LogP contribution is 2.17. The van der Waals surface area contributed by atoms with Crippen LogP contribution >= 0.6 is 11.5 Å². The van der Waals surface area contributed by atoms with E-state index >= 15 is 0 Å². The summed E-state index contributed by atoms with van der Waals surface area (Å²) in [6.07, 6.45) is 4.64. The van der Waals surface area contributed by atoms with Crippen LogP contribution in [0.1, 0.15) is 61.3 Å². The fraction of sp³-hybridized carbons (Fsp3) is 0.667.